The van der Waals surface area contributed by atoms with Crippen LogP contribution in [-0.4, -0.2) is 27.5 Å². The zero-order chi connectivity index (χ0) is 14.5. The third-order valence-electron chi connectivity index (χ3n) is 2.97. The molecule has 0 aliphatic heterocycles. The van der Waals surface area contributed by atoms with E-state index in [4.69, 9.17) is 4.74 Å². The van der Waals surface area contributed by atoms with Crippen LogP contribution in [0.3, 0.4) is 0 Å². The molecule has 0 radical (unpaired) electrons. The molecule has 0 spiro atoms. The van der Waals surface area contributed by atoms with Gasteiger partial charge in [0.05, 0.1) is 6.61 Å². The average Bonchev–Trinajstić information content (AvgIpc) is 2.96. The van der Waals surface area contributed by atoms with Crippen LogP contribution in [0, 0.1) is 0 Å². The third kappa shape index (κ3) is 3.52. The van der Waals surface area contributed by atoms with Crippen molar-refractivity contribution in [3.63, 3.8) is 0 Å². The minimum Gasteiger partial charge on any atom is -0.494 e. The van der Waals surface area contributed by atoms with E-state index in [1.165, 1.54) is 0 Å². The lowest BCUT2D eigenvalue weighted by Crippen LogP contribution is -2.09. The van der Waals surface area contributed by atoms with Crippen molar-refractivity contribution in [3.8, 4) is 5.75 Å². The van der Waals surface area contributed by atoms with E-state index in [0.29, 0.717) is 6.61 Å². The number of halogens is 1. The molecular weight excluding hydrogens is 332 g/mol. The van der Waals surface area contributed by atoms with Crippen LogP contribution in [0.2, 0.25) is 0 Å². The molecular formula is C15H15BrN4O. The second-order valence-electron chi connectivity index (χ2n) is 4.51. The Kier molecular flexibility index (Phi) is 4.35. The molecule has 1 N–H and O–H groups in total. The molecule has 2 heterocycles. The van der Waals surface area contributed by atoms with Gasteiger partial charge in [-0.2, -0.15) is 0 Å². The number of para-hydroxylation sites is 1. The summed E-state index contributed by atoms with van der Waals surface area (Å²) in [7, 11) is 0. The van der Waals surface area contributed by atoms with E-state index >= 15 is 0 Å². The molecule has 0 saturated carbocycles. The quantitative estimate of drug-likeness (QED) is 0.695. The van der Waals surface area contributed by atoms with Crippen molar-refractivity contribution in [2.24, 2.45) is 0 Å². The molecule has 0 aliphatic carbocycles. The second-order valence-corrected chi connectivity index (χ2v) is 5.32. The lowest BCUT2D eigenvalue weighted by atomic mass is 10.3. The largest absolute Gasteiger partial charge is 0.494 e. The van der Waals surface area contributed by atoms with Gasteiger partial charge in [-0.25, -0.2) is 9.97 Å². The number of benzene rings is 1. The summed E-state index contributed by atoms with van der Waals surface area (Å²) in [6.07, 6.45) is 6.42. The minimum absolute atomic E-state index is 0.662. The van der Waals surface area contributed by atoms with Gasteiger partial charge in [0.15, 0.2) is 11.5 Å². The summed E-state index contributed by atoms with van der Waals surface area (Å²) in [6.45, 7) is 1.44. The number of nitrogens with zero attached hydrogens (tertiary/aromatic N) is 3. The van der Waals surface area contributed by atoms with Crippen molar-refractivity contribution in [1.29, 1.82) is 0 Å². The highest BCUT2D eigenvalue weighted by atomic mass is 79.9. The summed E-state index contributed by atoms with van der Waals surface area (Å²) >= 11 is 3.40. The monoisotopic (exact) mass is 346 g/mol. The molecule has 21 heavy (non-hydrogen) atoms. The van der Waals surface area contributed by atoms with E-state index in [0.717, 1.165) is 34.8 Å². The number of aromatic nitrogens is 3. The highest BCUT2D eigenvalue weighted by molar-refractivity contribution is 9.10. The van der Waals surface area contributed by atoms with Crippen molar-refractivity contribution in [2.45, 2.75) is 6.42 Å². The van der Waals surface area contributed by atoms with Crippen LogP contribution in [0.25, 0.3) is 5.65 Å². The number of ether oxygens (including phenoxy) is 1. The maximum atomic E-state index is 5.65. The first-order valence-corrected chi connectivity index (χ1v) is 7.53. The molecule has 0 saturated heterocycles. The van der Waals surface area contributed by atoms with Gasteiger partial charge >= 0.3 is 0 Å². The van der Waals surface area contributed by atoms with Crippen molar-refractivity contribution < 1.29 is 4.74 Å². The van der Waals surface area contributed by atoms with Crippen LogP contribution in [0.5, 0.6) is 5.75 Å². The van der Waals surface area contributed by atoms with Crippen LogP contribution >= 0.6 is 15.9 Å². The Hall–Kier alpha value is -2.08. The molecule has 5 nitrogen and oxygen atoms in total. The van der Waals surface area contributed by atoms with Gasteiger partial charge < -0.3 is 14.5 Å². The molecule has 0 fully saturated rings. The number of hydrogen-bond donors (Lipinski definition) is 1. The van der Waals surface area contributed by atoms with Gasteiger partial charge in [0.2, 0.25) is 0 Å². The first-order chi connectivity index (χ1) is 10.3. The number of nitrogens with one attached hydrogen (secondary N) is 1. The number of anilines is 1. The molecule has 3 aromatic rings. The van der Waals surface area contributed by atoms with E-state index in [1.54, 1.807) is 6.20 Å². The SMILES string of the molecule is Brc1cn2ccnc2c(NCCCOc2ccccc2)n1. The summed E-state index contributed by atoms with van der Waals surface area (Å²) in [5.41, 5.74) is 0.821. The minimum atomic E-state index is 0.662. The lowest BCUT2D eigenvalue weighted by molar-refractivity contribution is 0.315. The molecule has 108 valence electrons. The number of hydrogen-bond acceptors (Lipinski definition) is 4. The van der Waals surface area contributed by atoms with Gasteiger partial charge in [-0.05, 0) is 34.5 Å². The zero-order valence-corrected chi connectivity index (χ0v) is 13.0. The van der Waals surface area contributed by atoms with E-state index in [1.807, 2.05) is 47.1 Å². The molecule has 0 bridgehead atoms. The number of rotatable bonds is 6. The fourth-order valence-corrected chi connectivity index (χ4v) is 2.40. The van der Waals surface area contributed by atoms with Gasteiger partial charge in [0.25, 0.3) is 0 Å². The van der Waals surface area contributed by atoms with Crippen molar-refractivity contribution in [1.82, 2.24) is 14.4 Å². The fourth-order valence-electron chi connectivity index (χ4n) is 2.01. The van der Waals surface area contributed by atoms with Crippen molar-refractivity contribution in [2.75, 3.05) is 18.5 Å². The summed E-state index contributed by atoms with van der Waals surface area (Å²) in [5, 5.41) is 3.30. The van der Waals surface area contributed by atoms with E-state index in [2.05, 4.69) is 31.2 Å². The highest BCUT2D eigenvalue weighted by Gasteiger charge is 2.05. The molecule has 0 aliphatic rings. The van der Waals surface area contributed by atoms with Crippen molar-refractivity contribution >= 4 is 27.4 Å². The van der Waals surface area contributed by atoms with Crippen LogP contribution < -0.4 is 10.1 Å². The summed E-state index contributed by atoms with van der Waals surface area (Å²) < 4.78 is 8.35. The Balaban J connectivity index is 1.52. The molecule has 6 heteroatoms. The first kappa shape index (κ1) is 13.9. The number of fused-ring (bicyclic) bond motifs is 1. The summed E-state index contributed by atoms with van der Waals surface area (Å²) in [5.74, 6) is 1.67. The van der Waals surface area contributed by atoms with E-state index in [9.17, 15) is 0 Å². The Morgan fingerprint density at radius 1 is 1.24 bits per heavy atom. The average molecular weight is 347 g/mol. The standard InChI is InChI=1S/C15H15BrN4O/c16-13-11-20-9-8-18-15(20)14(19-13)17-7-4-10-21-12-5-2-1-3-6-12/h1-3,5-6,8-9,11H,4,7,10H2,(H,17,19). The Morgan fingerprint density at radius 2 is 2.10 bits per heavy atom. The maximum absolute atomic E-state index is 5.65. The smallest absolute Gasteiger partial charge is 0.180 e. The topological polar surface area (TPSA) is 51.5 Å². The summed E-state index contributed by atoms with van der Waals surface area (Å²) in [4.78, 5) is 8.70. The molecule has 2 aromatic heterocycles. The van der Waals surface area contributed by atoms with Gasteiger partial charge in [-0.1, -0.05) is 18.2 Å². The number of imidazole rings is 1. The molecule has 0 amide bonds. The van der Waals surface area contributed by atoms with Gasteiger partial charge in [-0.15, -0.1) is 0 Å². The van der Waals surface area contributed by atoms with E-state index in [-0.39, 0.29) is 0 Å². The maximum Gasteiger partial charge on any atom is 0.180 e. The third-order valence-corrected chi connectivity index (χ3v) is 3.35. The first-order valence-electron chi connectivity index (χ1n) is 6.74. The molecule has 1 aromatic carbocycles. The van der Waals surface area contributed by atoms with Crippen LogP contribution in [0.1, 0.15) is 6.42 Å². The Morgan fingerprint density at radius 3 is 2.95 bits per heavy atom. The van der Waals surface area contributed by atoms with Gasteiger partial charge in [0.1, 0.15) is 10.4 Å². The lowest BCUT2D eigenvalue weighted by Gasteiger charge is -2.08. The predicted molar refractivity (Wildman–Crippen MR) is 85.7 cm³/mol. The molecule has 0 unspecified atom stereocenters. The molecule has 3 rings (SSSR count). The fraction of sp³-hybridized carbons (Fsp3) is 0.200. The highest BCUT2D eigenvalue weighted by Crippen LogP contribution is 2.16. The molecule has 0 atom stereocenters. The van der Waals surface area contributed by atoms with Gasteiger partial charge in [-0.3, -0.25) is 0 Å². The second kappa shape index (κ2) is 6.58. The Bertz CT molecular complexity index is 714. The zero-order valence-electron chi connectivity index (χ0n) is 11.4. The normalized spacial score (nSPS) is 10.7. The Labute approximate surface area is 131 Å². The van der Waals surface area contributed by atoms with Crippen LogP contribution in [0.4, 0.5) is 5.82 Å². The van der Waals surface area contributed by atoms with Crippen LogP contribution in [-0.2, 0) is 0 Å². The van der Waals surface area contributed by atoms with Gasteiger partial charge in [0, 0.05) is 25.1 Å². The summed E-state index contributed by atoms with van der Waals surface area (Å²) in [6, 6.07) is 9.82. The van der Waals surface area contributed by atoms with Crippen molar-refractivity contribution in [3.05, 3.63) is 53.5 Å². The van der Waals surface area contributed by atoms with E-state index < -0.39 is 0 Å². The van der Waals surface area contributed by atoms with Crippen LogP contribution in [0.15, 0.2) is 53.5 Å². The predicted octanol–water partition coefficient (Wildman–Crippen LogP) is 3.37.